The molecule has 0 unspecified atom stereocenters. The summed E-state index contributed by atoms with van der Waals surface area (Å²) in [4.78, 5) is 25.1. The molecule has 1 heterocycles. The van der Waals surface area contributed by atoms with Gasteiger partial charge in [-0.05, 0) is 42.2 Å². The van der Waals surface area contributed by atoms with Gasteiger partial charge in [0.05, 0.1) is 18.3 Å². The molecule has 10 heteroatoms. The molecule has 4 rings (SSSR count). The van der Waals surface area contributed by atoms with E-state index in [1.165, 1.54) is 10.7 Å². The molecule has 0 saturated heterocycles. The molecule has 35 heavy (non-hydrogen) atoms. The average molecular weight is 506 g/mol. The lowest BCUT2D eigenvalue weighted by Crippen LogP contribution is -2.34. The van der Waals surface area contributed by atoms with E-state index in [1.807, 2.05) is 0 Å². The Kier molecular flexibility index (Phi) is 6.89. The van der Waals surface area contributed by atoms with Crippen LogP contribution < -0.4 is 10.7 Å². The van der Waals surface area contributed by atoms with Crippen molar-refractivity contribution < 1.29 is 23.1 Å². The van der Waals surface area contributed by atoms with Crippen LogP contribution in [-0.2, 0) is 24.7 Å². The molecule has 2 aromatic carbocycles. The van der Waals surface area contributed by atoms with E-state index in [4.69, 9.17) is 11.6 Å². The molecule has 0 atom stereocenters. The lowest BCUT2D eigenvalue weighted by molar-refractivity contribution is -0.137. The Morgan fingerprint density at radius 3 is 2.49 bits per heavy atom. The lowest BCUT2D eigenvalue weighted by Gasteiger charge is -2.31. The van der Waals surface area contributed by atoms with Crippen molar-refractivity contribution in [2.24, 2.45) is 0 Å². The third kappa shape index (κ3) is 5.51. The Morgan fingerprint density at radius 2 is 1.83 bits per heavy atom. The fourth-order valence-corrected chi connectivity index (χ4v) is 4.67. The Balaban J connectivity index is 1.61. The smallest absolute Gasteiger partial charge is 0.416 e. The first kappa shape index (κ1) is 24.8. The van der Waals surface area contributed by atoms with Crippen LogP contribution in [0.1, 0.15) is 52.9 Å². The summed E-state index contributed by atoms with van der Waals surface area (Å²) in [5.41, 5.74) is -1.56. The molecule has 0 aliphatic heterocycles. The molecule has 1 aliphatic rings. The van der Waals surface area contributed by atoms with Crippen molar-refractivity contribution in [1.82, 2.24) is 15.1 Å². The number of aromatic nitrogens is 2. The van der Waals surface area contributed by atoms with Crippen molar-refractivity contribution in [3.05, 3.63) is 92.4 Å². The number of carbonyl (C=O) groups is 1. The highest BCUT2D eigenvalue weighted by Gasteiger charge is 2.39. The molecule has 2 N–H and O–H groups in total. The van der Waals surface area contributed by atoms with Crippen LogP contribution in [0.4, 0.5) is 13.2 Å². The van der Waals surface area contributed by atoms with Gasteiger partial charge in [-0.25, -0.2) is 0 Å². The molecule has 1 amide bonds. The number of nitrogens with one attached hydrogen (secondary N) is 1. The summed E-state index contributed by atoms with van der Waals surface area (Å²) in [6, 6.07) is 12.0. The van der Waals surface area contributed by atoms with Gasteiger partial charge in [-0.15, -0.1) is 0 Å². The number of carbonyl (C=O) groups excluding carboxylic acids is 1. The number of nitrogens with zero attached hydrogens (tertiary/aromatic N) is 2. The molecule has 0 spiro atoms. The maximum Gasteiger partial charge on any atom is 0.416 e. The maximum atomic E-state index is 13.3. The van der Waals surface area contributed by atoms with E-state index >= 15 is 0 Å². The fraction of sp³-hybridized carbons (Fsp3) is 0.320. The van der Waals surface area contributed by atoms with Crippen molar-refractivity contribution in [2.45, 2.75) is 50.4 Å². The second-order valence-corrected chi connectivity index (χ2v) is 9.20. The van der Waals surface area contributed by atoms with Gasteiger partial charge in [0, 0.05) is 17.0 Å². The van der Waals surface area contributed by atoms with E-state index < -0.39 is 39.9 Å². The zero-order chi connectivity index (χ0) is 25.2. The van der Waals surface area contributed by atoms with Crippen molar-refractivity contribution in [3.63, 3.8) is 0 Å². The molecule has 1 fully saturated rings. The molecule has 1 aliphatic carbocycles. The standard InChI is InChI=1S/C25H23ClF3N3O3/c26-19-8-6-16(7-9-19)13-30-23(35)21-22(34)20(33)14-32(31-21)15-24(10-1-2-11-24)17-4-3-5-18(12-17)25(27,28)29/h3-9,12,14,33H,1-2,10-11,13,15H2,(H,30,35). The van der Waals surface area contributed by atoms with E-state index in [0.29, 0.717) is 23.4 Å². The molecule has 184 valence electrons. The van der Waals surface area contributed by atoms with Gasteiger partial charge in [-0.1, -0.05) is 54.8 Å². The predicted molar refractivity (Wildman–Crippen MR) is 124 cm³/mol. The number of aromatic hydroxyl groups is 1. The third-order valence-corrected chi connectivity index (χ3v) is 6.61. The first-order valence-electron chi connectivity index (χ1n) is 11.1. The zero-order valence-electron chi connectivity index (χ0n) is 18.6. The van der Waals surface area contributed by atoms with E-state index in [0.717, 1.165) is 36.7 Å². The highest BCUT2D eigenvalue weighted by molar-refractivity contribution is 6.30. The van der Waals surface area contributed by atoms with Gasteiger partial charge in [-0.2, -0.15) is 18.3 Å². The number of rotatable bonds is 6. The van der Waals surface area contributed by atoms with Crippen molar-refractivity contribution >= 4 is 17.5 Å². The quantitative estimate of drug-likeness (QED) is 0.490. The molecule has 0 bridgehead atoms. The van der Waals surface area contributed by atoms with Crippen LogP contribution >= 0.6 is 11.6 Å². The SMILES string of the molecule is O=C(NCc1ccc(Cl)cc1)c1nn(CC2(c3cccc(C(F)(F)F)c3)CCCC2)cc(O)c1=O. The first-order valence-corrected chi connectivity index (χ1v) is 11.5. The molecule has 6 nitrogen and oxygen atoms in total. The lowest BCUT2D eigenvalue weighted by atomic mass is 9.78. The summed E-state index contributed by atoms with van der Waals surface area (Å²) < 4.78 is 41.2. The van der Waals surface area contributed by atoms with Crippen LogP contribution in [0.5, 0.6) is 5.75 Å². The van der Waals surface area contributed by atoms with Crippen LogP contribution in [0, 0.1) is 0 Å². The van der Waals surface area contributed by atoms with Gasteiger partial charge in [-0.3, -0.25) is 14.3 Å². The Hall–Kier alpha value is -3.33. The van der Waals surface area contributed by atoms with Gasteiger partial charge in [0.15, 0.2) is 11.4 Å². The van der Waals surface area contributed by atoms with Crippen LogP contribution in [0.15, 0.2) is 59.5 Å². The van der Waals surface area contributed by atoms with Crippen LogP contribution in [-0.4, -0.2) is 20.8 Å². The summed E-state index contributed by atoms with van der Waals surface area (Å²) in [5.74, 6) is -1.43. The summed E-state index contributed by atoms with van der Waals surface area (Å²) in [6.07, 6.45) is -0.499. The van der Waals surface area contributed by atoms with E-state index in [2.05, 4.69) is 10.4 Å². The molecule has 1 saturated carbocycles. The minimum absolute atomic E-state index is 0.111. The number of alkyl halides is 3. The van der Waals surface area contributed by atoms with Crippen LogP contribution in [0.2, 0.25) is 5.02 Å². The molecular weight excluding hydrogens is 483 g/mol. The van der Waals surface area contributed by atoms with Gasteiger partial charge in [0.2, 0.25) is 0 Å². The summed E-state index contributed by atoms with van der Waals surface area (Å²) in [5, 5.41) is 17.5. The number of halogens is 4. The minimum atomic E-state index is -4.47. The van der Waals surface area contributed by atoms with Crippen molar-refractivity contribution in [2.75, 3.05) is 0 Å². The van der Waals surface area contributed by atoms with Crippen molar-refractivity contribution in [1.29, 1.82) is 0 Å². The van der Waals surface area contributed by atoms with Crippen LogP contribution in [0.3, 0.4) is 0 Å². The number of hydrogen-bond acceptors (Lipinski definition) is 4. The average Bonchev–Trinajstić information content (AvgIpc) is 3.30. The number of amides is 1. The third-order valence-electron chi connectivity index (χ3n) is 6.36. The monoisotopic (exact) mass is 505 g/mol. The minimum Gasteiger partial charge on any atom is -0.503 e. The van der Waals surface area contributed by atoms with Gasteiger partial charge in [0.25, 0.3) is 11.3 Å². The molecular formula is C25H23ClF3N3O3. The van der Waals surface area contributed by atoms with Gasteiger partial charge < -0.3 is 10.4 Å². The van der Waals surface area contributed by atoms with E-state index in [9.17, 15) is 27.9 Å². The largest absolute Gasteiger partial charge is 0.503 e. The predicted octanol–water partition coefficient (Wildman–Crippen LogP) is 5.06. The second kappa shape index (κ2) is 9.73. The number of hydrogen-bond donors (Lipinski definition) is 2. The normalized spacial score (nSPS) is 15.2. The van der Waals surface area contributed by atoms with Crippen LogP contribution in [0.25, 0.3) is 0 Å². The van der Waals surface area contributed by atoms with Crippen molar-refractivity contribution in [3.8, 4) is 5.75 Å². The highest BCUT2D eigenvalue weighted by atomic mass is 35.5. The van der Waals surface area contributed by atoms with Gasteiger partial charge >= 0.3 is 6.18 Å². The van der Waals surface area contributed by atoms with Gasteiger partial charge in [0.1, 0.15) is 0 Å². The summed E-state index contributed by atoms with van der Waals surface area (Å²) in [7, 11) is 0. The first-order chi connectivity index (χ1) is 16.6. The zero-order valence-corrected chi connectivity index (χ0v) is 19.4. The topological polar surface area (TPSA) is 84.2 Å². The Bertz CT molecular complexity index is 1280. The van der Waals surface area contributed by atoms with E-state index in [1.54, 1.807) is 30.3 Å². The van der Waals surface area contributed by atoms with E-state index in [-0.39, 0.29) is 13.1 Å². The Labute approximate surface area is 204 Å². The molecule has 0 radical (unpaired) electrons. The molecule has 3 aromatic rings. The summed E-state index contributed by atoms with van der Waals surface area (Å²) in [6.45, 7) is 0.223. The highest BCUT2D eigenvalue weighted by Crippen LogP contribution is 2.44. The fourth-order valence-electron chi connectivity index (χ4n) is 4.55. The number of benzene rings is 2. The Morgan fingerprint density at radius 1 is 1.14 bits per heavy atom. The second-order valence-electron chi connectivity index (χ2n) is 8.76. The maximum absolute atomic E-state index is 13.3. The molecule has 1 aromatic heterocycles. The summed E-state index contributed by atoms with van der Waals surface area (Å²) >= 11 is 5.86.